The van der Waals surface area contributed by atoms with Crippen molar-refractivity contribution in [3.63, 3.8) is 0 Å². The summed E-state index contributed by atoms with van der Waals surface area (Å²) in [5, 5.41) is 0. The molecule has 1 aromatic rings. The van der Waals surface area contributed by atoms with Gasteiger partial charge in [-0.05, 0) is 37.9 Å². The van der Waals surface area contributed by atoms with Crippen LogP contribution in [0, 0.1) is 0 Å². The van der Waals surface area contributed by atoms with E-state index in [0.717, 1.165) is 18.9 Å². The van der Waals surface area contributed by atoms with E-state index in [9.17, 15) is 0 Å². The fourth-order valence-corrected chi connectivity index (χ4v) is 1.56. The van der Waals surface area contributed by atoms with Crippen LogP contribution in [0.25, 0.3) is 0 Å². The number of rotatable bonds is 5. The van der Waals surface area contributed by atoms with Gasteiger partial charge in [-0.15, -0.1) is 0 Å². The van der Waals surface area contributed by atoms with Gasteiger partial charge in [0.1, 0.15) is 5.82 Å². The molecule has 2 N–H and O–H groups in total. The van der Waals surface area contributed by atoms with Gasteiger partial charge in [0, 0.05) is 19.3 Å². The van der Waals surface area contributed by atoms with Crippen molar-refractivity contribution in [3.8, 4) is 0 Å². The number of aromatic nitrogens is 1. The highest BCUT2D eigenvalue weighted by atomic mass is 15.2. The number of anilines is 1. The molecule has 15 heavy (non-hydrogen) atoms. The first-order valence-corrected chi connectivity index (χ1v) is 5.63. The highest BCUT2D eigenvalue weighted by Gasteiger charge is 2.06. The monoisotopic (exact) mass is 207 g/mol. The average Bonchev–Trinajstić information content (AvgIpc) is 2.30. The lowest BCUT2D eigenvalue weighted by molar-refractivity contribution is 0.766. The Balaban J connectivity index is 2.79. The van der Waals surface area contributed by atoms with E-state index < -0.39 is 0 Å². The Kier molecular flexibility index (Phi) is 4.56. The van der Waals surface area contributed by atoms with Crippen LogP contribution >= 0.6 is 0 Å². The minimum Gasteiger partial charge on any atom is -0.357 e. The van der Waals surface area contributed by atoms with E-state index >= 15 is 0 Å². The topological polar surface area (TPSA) is 42.1 Å². The van der Waals surface area contributed by atoms with Gasteiger partial charge in [-0.2, -0.15) is 0 Å². The van der Waals surface area contributed by atoms with Crippen molar-refractivity contribution in [1.82, 2.24) is 4.98 Å². The molecule has 0 fully saturated rings. The molecule has 3 nitrogen and oxygen atoms in total. The number of nitrogens with two attached hydrogens (primary N) is 1. The summed E-state index contributed by atoms with van der Waals surface area (Å²) in [4.78, 5) is 6.69. The van der Waals surface area contributed by atoms with Crippen molar-refractivity contribution in [2.24, 2.45) is 5.73 Å². The van der Waals surface area contributed by atoms with Crippen LogP contribution in [-0.2, 0) is 0 Å². The molecule has 3 heteroatoms. The summed E-state index contributed by atoms with van der Waals surface area (Å²) in [6.07, 6.45) is 1.94. The predicted molar refractivity (Wildman–Crippen MR) is 65.3 cm³/mol. The first-order chi connectivity index (χ1) is 7.22. The number of nitrogens with zero attached hydrogens (tertiary/aromatic N) is 2. The molecular weight excluding hydrogens is 186 g/mol. The first-order valence-electron chi connectivity index (χ1n) is 5.63. The summed E-state index contributed by atoms with van der Waals surface area (Å²) < 4.78 is 0. The third-order valence-electron chi connectivity index (χ3n) is 2.78. The van der Waals surface area contributed by atoms with Crippen molar-refractivity contribution in [2.45, 2.75) is 26.7 Å². The molecule has 0 radical (unpaired) electrons. The summed E-state index contributed by atoms with van der Waals surface area (Å²) in [7, 11) is 0. The van der Waals surface area contributed by atoms with Crippen LogP contribution in [0.5, 0.6) is 0 Å². The third kappa shape index (κ3) is 2.93. The van der Waals surface area contributed by atoms with E-state index in [4.69, 9.17) is 5.73 Å². The van der Waals surface area contributed by atoms with Crippen LogP contribution in [0.15, 0.2) is 18.3 Å². The molecule has 0 aliphatic rings. The molecule has 0 amide bonds. The minimum absolute atomic E-state index is 0.392. The lowest BCUT2D eigenvalue weighted by atomic mass is 10.0. The van der Waals surface area contributed by atoms with Gasteiger partial charge < -0.3 is 10.6 Å². The maximum atomic E-state index is 5.62. The summed E-state index contributed by atoms with van der Waals surface area (Å²) in [5.41, 5.74) is 6.83. The second-order valence-corrected chi connectivity index (χ2v) is 3.76. The Hall–Kier alpha value is -1.09. The van der Waals surface area contributed by atoms with E-state index in [1.165, 1.54) is 5.56 Å². The molecule has 0 saturated carbocycles. The molecule has 1 rings (SSSR count). The molecule has 0 bridgehead atoms. The zero-order chi connectivity index (χ0) is 11.3. The summed E-state index contributed by atoms with van der Waals surface area (Å²) in [6.45, 7) is 9.06. The predicted octanol–water partition coefficient (Wildman–Crippen LogP) is 1.99. The van der Waals surface area contributed by atoms with E-state index in [1.807, 2.05) is 6.20 Å². The highest BCUT2D eigenvalue weighted by Crippen LogP contribution is 2.16. The molecule has 1 atom stereocenters. The van der Waals surface area contributed by atoms with Gasteiger partial charge in [0.25, 0.3) is 0 Å². The van der Waals surface area contributed by atoms with Gasteiger partial charge in [-0.1, -0.05) is 13.0 Å². The van der Waals surface area contributed by atoms with E-state index in [0.29, 0.717) is 12.5 Å². The van der Waals surface area contributed by atoms with Gasteiger partial charge in [-0.3, -0.25) is 0 Å². The Morgan fingerprint density at radius 1 is 1.33 bits per heavy atom. The van der Waals surface area contributed by atoms with Gasteiger partial charge in [0.2, 0.25) is 0 Å². The van der Waals surface area contributed by atoms with Crippen LogP contribution in [0.2, 0.25) is 0 Å². The second-order valence-electron chi connectivity index (χ2n) is 3.76. The maximum Gasteiger partial charge on any atom is 0.128 e. The number of pyridine rings is 1. The van der Waals surface area contributed by atoms with Crippen molar-refractivity contribution < 1.29 is 0 Å². The number of hydrogen-bond acceptors (Lipinski definition) is 3. The fraction of sp³-hybridized carbons (Fsp3) is 0.583. The van der Waals surface area contributed by atoms with Crippen molar-refractivity contribution in [2.75, 3.05) is 24.5 Å². The van der Waals surface area contributed by atoms with E-state index in [1.54, 1.807) is 0 Å². The first kappa shape index (κ1) is 12.0. The summed E-state index contributed by atoms with van der Waals surface area (Å²) in [6, 6.07) is 4.20. The van der Waals surface area contributed by atoms with Crippen molar-refractivity contribution in [3.05, 3.63) is 23.9 Å². The summed E-state index contributed by atoms with van der Waals surface area (Å²) >= 11 is 0. The molecule has 0 aromatic carbocycles. The van der Waals surface area contributed by atoms with Crippen LogP contribution < -0.4 is 10.6 Å². The number of hydrogen-bond donors (Lipinski definition) is 1. The van der Waals surface area contributed by atoms with Crippen LogP contribution in [-0.4, -0.2) is 24.6 Å². The Morgan fingerprint density at radius 3 is 2.40 bits per heavy atom. The average molecular weight is 207 g/mol. The molecule has 1 unspecified atom stereocenters. The molecule has 0 aliphatic heterocycles. The largest absolute Gasteiger partial charge is 0.357 e. The van der Waals surface area contributed by atoms with Gasteiger partial charge in [0.15, 0.2) is 0 Å². The summed E-state index contributed by atoms with van der Waals surface area (Å²) in [5.74, 6) is 1.44. The third-order valence-corrected chi connectivity index (χ3v) is 2.78. The Labute approximate surface area is 92.3 Å². The molecular formula is C12H21N3. The molecule has 84 valence electrons. The standard InChI is InChI=1S/C12H21N3/c1-4-15(5-2)12-7-6-11(9-14-12)10(3)8-13/h6-7,9-10H,4-5,8,13H2,1-3H3. The van der Waals surface area contributed by atoms with Crippen LogP contribution in [0.4, 0.5) is 5.82 Å². The van der Waals surface area contributed by atoms with E-state index in [2.05, 4.69) is 42.8 Å². The quantitative estimate of drug-likeness (QED) is 0.803. The van der Waals surface area contributed by atoms with Crippen molar-refractivity contribution in [1.29, 1.82) is 0 Å². The SMILES string of the molecule is CCN(CC)c1ccc(C(C)CN)cn1. The van der Waals surface area contributed by atoms with Gasteiger partial charge >= 0.3 is 0 Å². The molecule has 1 aromatic heterocycles. The molecule has 0 aliphatic carbocycles. The highest BCUT2D eigenvalue weighted by molar-refractivity contribution is 5.39. The Morgan fingerprint density at radius 2 is 2.00 bits per heavy atom. The van der Waals surface area contributed by atoms with Gasteiger partial charge in [0.05, 0.1) is 0 Å². The molecule has 0 spiro atoms. The lowest BCUT2D eigenvalue weighted by Gasteiger charge is -2.20. The van der Waals surface area contributed by atoms with Crippen molar-refractivity contribution >= 4 is 5.82 Å². The second kappa shape index (κ2) is 5.71. The fourth-order valence-electron chi connectivity index (χ4n) is 1.56. The van der Waals surface area contributed by atoms with E-state index in [-0.39, 0.29) is 0 Å². The lowest BCUT2D eigenvalue weighted by Crippen LogP contribution is -2.23. The Bertz CT molecular complexity index is 277. The zero-order valence-corrected chi connectivity index (χ0v) is 9.90. The smallest absolute Gasteiger partial charge is 0.128 e. The zero-order valence-electron chi connectivity index (χ0n) is 9.90. The normalized spacial score (nSPS) is 12.5. The minimum atomic E-state index is 0.392. The van der Waals surface area contributed by atoms with Gasteiger partial charge in [-0.25, -0.2) is 4.98 Å². The van der Waals surface area contributed by atoms with Crippen LogP contribution in [0.1, 0.15) is 32.3 Å². The molecule has 1 heterocycles. The maximum absolute atomic E-state index is 5.62. The van der Waals surface area contributed by atoms with Crippen LogP contribution in [0.3, 0.4) is 0 Å². The molecule has 0 saturated heterocycles.